The molecule has 1 saturated carbocycles. The van der Waals surface area contributed by atoms with Gasteiger partial charge in [0.2, 0.25) is 0 Å². The number of nitrogens with zero attached hydrogens (tertiary/aromatic N) is 2. The fourth-order valence-electron chi connectivity index (χ4n) is 2.01. The normalized spacial score (nSPS) is 14.4. The zero-order valence-electron chi connectivity index (χ0n) is 9.50. The van der Waals surface area contributed by atoms with Gasteiger partial charge in [0.1, 0.15) is 0 Å². The Bertz CT molecular complexity index is 436. The van der Waals surface area contributed by atoms with E-state index in [1.165, 1.54) is 12.8 Å². The van der Waals surface area contributed by atoms with E-state index in [0.717, 1.165) is 17.8 Å². The molecule has 0 radical (unpaired) electrons. The first-order valence-corrected chi connectivity index (χ1v) is 6.66. The zero-order valence-corrected chi connectivity index (χ0v) is 11.0. The molecule has 0 atom stereocenters. The predicted octanol–water partition coefficient (Wildman–Crippen LogP) is 3.96. The summed E-state index contributed by atoms with van der Waals surface area (Å²) in [5.74, 6) is 0.408. The van der Waals surface area contributed by atoms with Crippen LogP contribution in [0.15, 0.2) is 18.2 Å². The molecule has 1 aliphatic rings. The van der Waals surface area contributed by atoms with Crippen molar-refractivity contribution in [1.82, 2.24) is 0 Å². The third-order valence-electron chi connectivity index (χ3n) is 2.99. The van der Waals surface area contributed by atoms with Gasteiger partial charge in [-0.2, -0.15) is 5.26 Å². The van der Waals surface area contributed by atoms with Gasteiger partial charge in [-0.25, -0.2) is 0 Å². The molecule has 90 valence electrons. The van der Waals surface area contributed by atoms with Crippen molar-refractivity contribution >= 4 is 28.9 Å². The number of hydrogen-bond donors (Lipinski definition) is 0. The molecule has 0 saturated heterocycles. The summed E-state index contributed by atoms with van der Waals surface area (Å²) in [5, 5.41) is 9.42. The molecule has 2 rings (SSSR count). The maximum Gasteiger partial charge on any atom is 0.0640 e. The average Bonchev–Trinajstić information content (AvgIpc) is 3.14. The molecule has 0 spiro atoms. The highest BCUT2D eigenvalue weighted by molar-refractivity contribution is 6.32. The van der Waals surface area contributed by atoms with Crippen LogP contribution >= 0.6 is 23.2 Å². The van der Waals surface area contributed by atoms with Crippen molar-refractivity contribution in [3.8, 4) is 6.07 Å². The lowest BCUT2D eigenvalue weighted by molar-refractivity contribution is 0.789. The van der Waals surface area contributed by atoms with Crippen LogP contribution in [0.4, 0.5) is 5.69 Å². The molecule has 0 aliphatic heterocycles. The van der Waals surface area contributed by atoms with Crippen molar-refractivity contribution in [3.05, 3.63) is 28.8 Å². The van der Waals surface area contributed by atoms with E-state index in [2.05, 4.69) is 11.0 Å². The van der Waals surface area contributed by atoms with E-state index in [4.69, 9.17) is 28.5 Å². The molecule has 0 aromatic heterocycles. The molecule has 0 unspecified atom stereocenters. The smallest absolute Gasteiger partial charge is 0.0640 e. The Kier molecular flexibility index (Phi) is 4.15. The Hall–Kier alpha value is -0.910. The molecule has 0 N–H and O–H groups in total. The monoisotopic (exact) mass is 268 g/mol. The standard InChI is InChI=1S/C13H14Cl2N2/c14-9-11-12(15)3-1-4-13(11)17(8-2-7-16)10-5-6-10/h1,3-4,10H,2,5-6,8-9H2. The Balaban J connectivity index is 2.28. The highest BCUT2D eigenvalue weighted by Gasteiger charge is 2.30. The van der Waals surface area contributed by atoms with E-state index in [0.29, 0.717) is 23.4 Å². The van der Waals surface area contributed by atoms with Crippen molar-refractivity contribution < 1.29 is 0 Å². The topological polar surface area (TPSA) is 27.0 Å². The van der Waals surface area contributed by atoms with Gasteiger partial charge in [0.15, 0.2) is 0 Å². The molecule has 4 heteroatoms. The minimum atomic E-state index is 0.408. The molecule has 0 amide bonds. The van der Waals surface area contributed by atoms with Gasteiger partial charge in [-0.3, -0.25) is 0 Å². The maximum absolute atomic E-state index is 8.72. The lowest BCUT2D eigenvalue weighted by Crippen LogP contribution is -2.27. The summed E-state index contributed by atoms with van der Waals surface area (Å²) < 4.78 is 0. The third kappa shape index (κ3) is 2.86. The van der Waals surface area contributed by atoms with Crippen molar-refractivity contribution in [2.24, 2.45) is 0 Å². The Morgan fingerprint density at radius 1 is 1.41 bits per heavy atom. The van der Waals surface area contributed by atoms with Crippen LogP contribution in [0.3, 0.4) is 0 Å². The molecule has 17 heavy (non-hydrogen) atoms. The first-order valence-electron chi connectivity index (χ1n) is 5.75. The SMILES string of the molecule is N#CCCN(c1cccc(Cl)c1CCl)C1CC1. The summed E-state index contributed by atoms with van der Waals surface area (Å²) in [6, 6.07) is 8.59. The van der Waals surface area contributed by atoms with Crippen molar-refractivity contribution in [2.75, 3.05) is 11.4 Å². The highest BCUT2D eigenvalue weighted by atomic mass is 35.5. The number of alkyl halides is 1. The second-order valence-electron chi connectivity index (χ2n) is 4.20. The minimum Gasteiger partial charge on any atom is -0.367 e. The maximum atomic E-state index is 8.72. The van der Waals surface area contributed by atoms with Crippen molar-refractivity contribution in [2.45, 2.75) is 31.2 Å². The summed E-state index contributed by atoms with van der Waals surface area (Å²) in [7, 11) is 0. The van der Waals surface area contributed by atoms with Crippen molar-refractivity contribution in [1.29, 1.82) is 5.26 Å². The lowest BCUT2D eigenvalue weighted by Gasteiger charge is -2.26. The molecule has 0 heterocycles. The van der Waals surface area contributed by atoms with Crippen LogP contribution in [0.25, 0.3) is 0 Å². The molecular weight excluding hydrogens is 255 g/mol. The third-order valence-corrected chi connectivity index (χ3v) is 3.61. The predicted molar refractivity (Wildman–Crippen MR) is 71.6 cm³/mol. The Labute approximate surface area is 112 Å². The average molecular weight is 269 g/mol. The van der Waals surface area contributed by atoms with Gasteiger partial charge in [-0.05, 0) is 25.0 Å². The molecule has 1 fully saturated rings. The van der Waals surface area contributed by atoms with Gasteiger partial charge in [-0.15, -0.1) is 11.6 Å². The Morgan fingerprint density at radius 2 is 2.18 bits per heavy atom. The van der Waals surface area contributed by atoms with E-state index in [9.17, 15) is 0 Å². The molecule has 1 aliphatic carbocycles. The Morgan fingerprint density at radius 3 is 2.76 bits per heavy atom. The molecular formula is C13H14Cl2N2. The van der Waals surface area contributed by atoms with Gasteiger partial charge < -0.3 is 4.90 Å². The number of nitriles is 1. The van der Waals surface area contributed by atoms with Crippen LogP contribution in [0.2, 0.25) is 5.02 Å². The largest absolute Gasteiger partial charge is 0.367 e. The quantitative estimate of drug-likeness (QED) is 0.756. The van der Waals surface area contributed by atoms with Gasteiger partial charge in [0.25, 0.3) is 0 Å². The van der Waals surface area contributed by atoms with Crippen LogP contribution in [-0.4, -0.2) is 12.6 Å². The summed E-state index contributed by atoms with van der Waals surface area (Å²) >= 11 is 12.1. The number of halogens is 2. The van der Waals surface area contributed by atoms with Crippen LogP contribution in [0.5, 0.6) is 0 Å². The first-order chi connectivity index (χ1) is 8.27. The number of rotatable bonds is 5. The van der Waals surface area contributed by atoms with E-state index in [-0.39, 0.29) is 0 Å². The van der Waals surface area contributed by atoms with Gasteiger partial charge in [0, 0.05) is 28.9 Å². The van der Waals surface area contributed by atoms with E-state index >= 15 is 0 Å². The summed E-state index contributed by atoms with van der Waals surface area (Å²) in [5.41, 5.74) is 2.06. The van der Waals surface area contributed by atoms with Crippen LogP contribution < -0.4 is 4.90 Å². The highest BCUT2D eigenvalue weighted by Crippen LogP contribution is 2.36. The first kappa shape index (κ1) is 12.5. The second kappa shape index (κ2) is 5.62. The lowest BCUT2D eigenvalue weighted by atomic mass is 10.1. The molecule has 1 aromatic rings. The van der Waals surface area contributed by atoms with Gasteiger partial charge in [-0.1, -0.05) is 17.7 Å². The van der Waals surface area contributed by atoms with Crippen molar-refractivity contribution in [3.63, 3.8) is 0 Å². The van der Waals surface area contributed by atoms with Crippen LogP contribution in [0.1, 0.15) is 24.8 Å². The molecule has 1 aromatic carbocycles. The fraction of sp³-hybridized carbons (Fsp3) is 0.462. The number of benzene rings is 1. The van der Waals surface area contributed by atoms with Gasteiger partial charge in [0.05, 0.1) is 18.4 Å². The number of hydrogen-bond acceptors (Lipinski definition) is 2. The van der Waals surface area contributed by atoms with Crippen LogP contribution in [-0.2, 0) is 5.88 Å². The zero-order chi connectivity index (χ0) is 12.3. The van der Waals surface area contributed by atoms with E-state index in [1.54, 1.807) is 0 Å². The van der Waals surface area contributed by atoms with E-state index in [1.807, 2.05) is 18.2 Å². The van der Waals surface area contributed by atoms with Gasteiger partial charge >= 0.3 is 0 Å². The summed E-state index contributed by atoms with van der Waals surface area (Å²) in [6.45, 7) is 0.755. The van der Waals surface area contributed by atoms with Crippen LogP contribution in [0, 0.1) is 11.3 Å². The second-order valence-corrected chi connectivity index (χ2v) is 4.88. The summed E-state index contributed by atoms with van der Waals surface area (Å²) in [4.78, 5) is 2.27. The summed E-state index contributed by atoms with van der Waals surface area (Å²) in [6.07, 6.45) is 2.92. The van der Waals surface area contributed by atoms with E-state index < -0.39 is 0 Å². The minimum absolute atomic E-state index is 0.408. The number of anilines is 1. The fourth-order valence-corrected chi connectivity index (χ4v) is 2.59. The molecule has 2 nitrogen and oxygen atoms in total. The molecule has 0 bridgehead atoms.